The van der Waals surface area contributed by atoms with Crippen molar-refractivity contribution in [2.45, 2.75) is 52.4 Å². The SMILES string of the molecule is COc1ccccc1N=Cc1cc(C(C)(C)C)cc(C(C)(C)C)c1O. The smallest absolute Gasteiger partial charge is 0.144 e. The molecule has 0 atom stereocenters. The van der Waals surface area contributed by atoms with E-state index in [0.29, 0.717) is 11.5 Å². The number of aromatic hydroxyl groups is 1. The van der Waals surface area contributed by atoms with Crippen molar-refractivity contribution >= 4 is 11.9 Å². The van der Waals surface area contributed by atoms with Gasteiger partial charge in [0.05, 0.1) is 7.11 Å². The first-order valence-corrected chi connectivity index (χ1v) is 8.59. The molecular weight excluding hydrogens is 310 g/mol. The van der Waals surface area contributed by atoms with Crippen LogP contribution in [-0.2, 0) is 10.8 Å². The molecule has 0 aromatic heterocycles. The Morgan fingerprint density at radius 2 is 1.60 bits per heavy atom. The van der Waals surface area contributed by atoms with Gasteiger partial charge in [-0.25, -0.2) is 0 Å². The molecule has 0 spiro atoms. The lowest BCUT2D eigenvalue weighted by atomic mass is 9.79. The summed E-state index contributed by atoms with van der Waals surface area (Å²) in [6.07, 6.45) is 1.72. The molecule has 0 saturated carbocycles. The fourth-order valence-electron chi connectivity index (χ4n) is 2.64. The number of hydrogen-bond donors (Lipinski definition) is 1. The summed E-state index contributed by atoms with van der Waals surface area (Å²) in [5.74, 6) is 1.00. The Hall–Kier alpha value is -2.29. The van der Waals surface area contributed by atoms with E-state index < -0.39 is 0 Å². The Morgan fingerprint density at radius 3 is 2.16 bits per heavy atom. The van der Waals surface area contributed by atoms with Gasteiger partial charge in [-0.05, 0) is 34.6 Å². The third-order valence-electron chi connectivity index (χ3n) is 4.24. The molecule has 25 heavy (non-hydrogen) atoms. The number of phenolic OH excluding ortho intramolecular Hbond substituents is 1. The first kappa shape index (κ1) is 19.0. The molecule has 0 fully saturated rings. The van der Waals surface area contributed by atoms with Crippen molar-refractivity contribution in [2.24, 2.45) is 4.99 Å². The highest BCUT2D eigenvalue weighted by Crippen LogP contribution is 2.37. The zero-order valence-electron chi connectivity index (χ0n) is 16.3. The molecule has 0 unspecified atom stereocenters. The Morgan fingerprint density at radius 1 is 0.960 bits per heavy atom. The standard InChI is InChI=1S/C22H29NO2/c1-21(2,3)16-12-15(20(24)17(13-16)22(4,5)6)14-23-18-10-8-9-11-19(18)25-7/h8-14,24H,1-7H3. The highest BCUT2D eigenvalue weighted by Gasteiger charge is 2.24. The van der Waals surface area contributed by atoms with Gasteiger partial charge in [0, 0.05) is 17.3 Å². The van der Waals surface area contributed by atoms with Crippen LogP contribution in [0.5, 0.6) is 11.5 Å². The van der Waals surface area contributed by atoms with Gasteiger partial charge < -0.3 is 9.84 Å². The lowest BCUT2D eigenvalue weighted by Gasteiger charge is -2.27. The van der Waals surface area contributed by atoms with Crippen molar-refractivity contribution in [2.75, 3.05) is 7.11 Å². The van der Waals surface area contributed by atoms with E-state index in [4.69, 9.17) is 4.74 Å². The molecule has 0 saturated heterocycles. The molecule has 0 heterocycles. The molecule has 134 valence electrons. The topological polar surface area (TPSA) is 41.8 Å². The summed E-state index contributed by atoms with van der Waals surface area (Å²) in [6.45, 7) is 12.8. The summed E-state index contributed by atoms with van der Waals surface area (Å²) < 4.78 is 5.34. The van der Waals surface area contributed by atoms with Gasteiger partial charge in [-0.1, -0.05) is 59.7 Å². The van der Waals surface area contributed by atoms with Crippen molar-refractivity contribution in [3.8, 4) is 11.5 Å². The van der Waals surface area contributed by atoms with E-state index in [1.54, 1.807) is 13.3 Å². The first-order valence-electron chi connectivity index (χ1n) is 8.59. The Balaban J connectivity index is 2.58. The van der Waals surface area contributed by atoms with Gasteiger partial charge in [-0.15, -0.1) is 0 Å². The quantitative estimate of drug-likeness (QED) is 0.724. The third kappa shape index (κ3) is 4.41. The second kappa shape index (κ2) is 6.91. The number of aliphatic imine (C=N–C) groups is 1. The number of rotatable bonds is 3. The predicted molar refractivity (Wildman–Crippen MR) is 106 cm³/mol. The molecule has 3 heteroatoms. The van der Waals surface area contributed by atoms with Gasteiger partial charge in [0.2, 0.25) is 0 Å². The molecule has 3 nitrogen and oxygen atoms in total. The third-order valence-corrected chi connectivity index (χ3v) is 4.24. The lowest BCUT2D eigenvalue weighted by Crippen LogP contribution is -2.17. The van der Waals surface area contributed by atoms with Crippen LogP contribution >= 0.6 is 0 Å². The van der Waals surface area contributed by atoms with Crippen LogP contribution in [0.2, 0.25) is 0 Å². The summed E-state index contributed by atoms with van der Waals surface area (Å²) in [5.41, 5.74) is 3.41. The van der Waals surface area contributed by atoms with Crippen molar-refractivity contribution < 1.29 is 9.84 Å². The van der Waals surface area contributed by atoms with Crippen LogP contribution in [-0.4, -0.2) is 18.4 Å². The minimum Gasteiger partial charge on any atom is -0.507 e. The molecule has 0 radical (unpaired) electrons. The van der Waals surface area contributed by atoms with Crippen molar-refractivity contribution in [1.29, 1.82) is 0 Å². The van der Waals surface area contributed by atoms with Crippen LogP contribution in [0.15, 0.2) is 41.4 Å². The van der Waals surface area contributed by atoms with Gasteiger partial charge in [0.1, 0.15) is 17.2 Å². The van der Waals surface area contributed by atoms with Crippen molar-refractivity contribution in [1.82, 2.24) is 0 Å². The van der Waals surface area contributed by atoms with E-state index in [1.165, 1.54) is 5.56 Å². The van der Waals surface area contributed by atoms with E-state index in [2.05, 4.69) is 52.6 Å². The Kier molecular flexibility index (Phi) is 5.26. The zero-order chi connectivity index (χ0) is 18.8. The van der Waals surface area contributed by atoms with Gasteiger partial charge in [-0.3, -0.25) is 4.99 Å². The maximum atomic E-state index is 10.8. The molecule has 2 aromatic carbocycles. The minimum absolute atomic E-state index is 0.0132. The fourth-order valence-corrected chi connectivity index (χ4v) is 2.64. The summed E-state index contributed by atoms with van der Waals surface area (Å²) in [5, 5.41) is 10.8. The zero-order valence-corrected chi connectivity index (χ0v) is 16.3. The molecule has 1 N–H and O–H groups in total. The second-order valence-corrected chi connectivity index (χ2v) is 8.39. The van der Waals surface area contributed by atoms with Gasteiger partial charge in [0.15, 0.2) is 0 Å². The van der Waals surface area contributed by atoms with E-state index in [1.807, 2.05) is 30.3 Å². The number of benzene rings is 2. The van der Waals surface area contributed by atoms with Crippen LogP contribution in [0.3, 0.4) is 0 Å². The lowest BCUT2D eigenvalue weighted by molar-refractivity contribution is 0.416. The van der Waals surface area contributed by atoms with Gasteiger partial charge >= 0.3 is 0 Å². The van der Waals surface area contributed by atoms with E-state index in [-0.39, 0.29) is 10.8 Å². The molecule has 0 aliphatic rings. The number of methoxy groups -OCH3 is 1. The molecule has 2 rings (SSSR count). The minimum atomic E-state index is -0.154. The van der Waals surface area contributed by atoms with E-state index >= 15 is 0 Å². The van der Waals surface area contributed by atoms with Crippen LogP contribution in [0.1, 0.15) is 58.2 Å². The van der Waals surface area contributed by atoms with Crippen molar-refractivity contribution in [3.05, 3.63) is 53.1 Å². The highest BCUT2D eigenvalue weighted by molar-refractivity contribution is 5.87. The van der Waals surface area contributed by atoms with E-state index in [9.17, 15) is 5.11 Å². The molecule has 0 aliphatic carbocycles. The molecule has 0 bridgehead atoms. The molecule has 2 aromatic rings. The van der Waals surface area contributed by atoms with Crippen LogP contribution in [0.4, 0.5) is 5.69 Å². The van der Waals surface area contributed by atoms with Crippen LogP contribution < -0.4 is 4.74 Å². The fraction of sp³-hybridized carbons (Fsp3) is 0.409. The largest absolute Gasteiger partial charge is 0.507 e. The average molecular weight is 339 g/mol. The van der Waals surface area contributed by atoms with Gasteiger partial charge in [-0.2, -0.15) is 0 Å². The summed E-state index contributed by atoms with van der Waals surface area (Å²) in [6, 6.07) is 11.7. The second-order valence-electron chi connectivity index (χ2n) is 8.39. The van der Waals surface area contributed by atoms with Crippen molar-refractivity contribution in [3.63, 3.8) is 0 Å². The first-order chi connectivity index (χ1) is 11.5. The predicted octanol–water partition coefficient (Wildman–Crippen LogP) is 5.75. The normalized spacial score (nSPS) is 12.6. The average Bonchev–Trinajstić information content (AvgIpc) is 2.51. The number of hydrogen-bond acceptors (Lipinski definition) is 3. The monoisotopic (exact) mass is 339 g/mol. The van der Waals surface area contributed by atoms with Crippen LogP contribution in [0, 0.1) is 0 Å². The molecule has 0 aliphatic heterocycles. The number of para-hydroxylation sites is 2. The highest BCUT2D eigenvalue weighted by atomic mass is 16.5. The van der Waals surface area contributed by atoms with E-state index in [0.717, 1.165) is 16.8 Å². The van der Waals surface area contributed by atoms with Crippen LogP contribution in [0.25, 0.3) is 0 Å². The summed E-state index contributed by atoms with van der Waals surface area (Å²) >= 11 is 0. The number of phenols is 1. The van der Waals surface area contributed by atoms with Gasteiger partial charge in [0.25, 0.3) is 0 Å². The maximum Gasteiger partial charge on any atom is 0.144 e. The number of ether oxygens (including phenoxy) is 1. The maximum absolute atomic E-state index is 10.8. The molecule has 0 amide bonds. The summed E-state index contributed by atoms with van der Waals surface area (Å²) in [4.78, 5) is 4.54. The molecular formula is C22H29NO2. The Labute approximate surface area is 151 Å². The summed E-state index contributed by atoms with van der Waals surface area (Å²) in [7, 11) is 1.63. The Bertz CT molecular complexity index is 778. The number of nitrogens with zero attached hydrogens (tertiary/aromatic N) is 1.